The van der Waals surface area contributed by atoms with E-state index in [-0.39, 0.29) is 5.16 Å². The molecule has 0 atom stereocenters. The summed E-state index contributed by atoms with van der Waals surface area (Å²) in [6.45, 7) is 0. The number of rotatable bonds is 1. The minimum atomic E-state index is 0.150. The molecule has 0 amide bonds. The van der Waals surface area contributed by atoms with Crippen molar-refractivity contribution in [2.75, 3.05) is 0 Å². The van der Waals surface area contributed by atoms with Crippen molar-refractivity contribution >= 4 is 11.6 Å². The highest BCUT2D eigenvalue weighted by molar-refractivity contribution is 6.28. The zero-order valence-corrected chi connectivity index (χ0v) is 3.87. The second-order valence-corrected chi connectivity index (χ2v) is 1.13. The standard InChI is InChI=1S/C2H6ClN3/c3-2(4)1-6-5/h1,6H,4-5H2/b2-1-. The number of nitrogens with two attached hydrogens (primary N) is 2. The van der Waals surface area contributed by atoms with Crippen molar-refractivity contribution in [2.45, 2.75) is 0 Å². The molecule has 0 unspecified atom stereocenters. The zero-order valence-electron chi connectivity index (χ0n) is 3.11. The zero-order chi connectivity index (χ0) is 4.99. The summed E-state index contributed by atoms with van der Waals surface area (Å²) in [5, 5.41) is 0.150. The Morgan fingerprint density at radius 3 is 2.33 bits per heavy atom. The molecule has 0 aromatic heterocycles. The molecule has 0 aliphatic heterocycles. The van der Waals surface area contributed by atoms with Gasteiger partial charge in [0.2, 0.25) is 0 Å². The van der Waals surface area contributed by atoms with Crippen LogP contribution in [0.4, 0.5) is 0 Å². The summed E-state index contributed by atoms with van der Waals surface area (Å²) in [7, 11) is 0. The summed E-state index contributed by atoms with van der Waals surface area (Å²) >= 11 is 5.07. The van der Waals surface area contributed by atoms with Crippen LogP contribution in [0.3, 0.4) is 0 Å². The van der Waals surface area contributed by atoms with Gasteiger partial charge in [-0.3, -0.25) is 5.84 Å². The van der Waals surface area contributed by atoms with E-state index in [2.05, 4.69) is 5.43 Å². The molecule has 3 nitrogen and oxygen atoms in total. The molecule has 0 spiro atoms. The average Bonchev–Trinajstić information content (AvgIpc) is 1.35. The number of nitrogens with one attached hydrogen (secondary N) is 1. The van der Waals surface area contributed by atoms with Crippen LogP contribution in [0.1, 0.15) is 0 Å². The Morgan fingerprint density at radius 2 is 2.33 bits per heavy atom. The van der Waals surface area contributed by atoms with Gasteiger partial charge in [0.05, 0.1) is 0 Å². The van der Waals surface area contributed by atoms with Gasteiger partial charge in [-0.2, -0.15) is 0 Å². The largest absolute Gasteiger partial charge is 0.388 e. The number of hydrogen-bond donors (Lipinski definition) is 3. The van der Waals surface area contributed by atoms with Crippen molar-refractivity contribution in [1.82, 2.24) is 5.43 Å². The Kier molecular flexibility index (Phi) is 2.62. The van der Waals surface area contributed by atoms with Crippen molar-refractivity contribution in [3.63, 3.8) is 0 Å². The lowest BCUT2D eigenvalue weighted by molar-refractivity contribution is 0.959. The van der Waals surface area contributed by atoms with E-state index >= 15 is 0 Å². The van der Waals surface area contributed by atoms with E-state index < -0.39 is 0 Å². The van der Waals surface area contributed by atoms with E-state index in [1.807, 2.05) is 0 Å². The Labute approximate surface area is 40.9 Å². The molecule has 4 heteroatoms. The summed E-state index contributed by atoms with van der Waals surface area (Å²) in [5.74, 6) is 4.74. The fourth-order valence-corrected chi connectivity index (χ4v) is 0.143. The average molecular weight is 108 g/mol. The highest BCUT2D eigenvalue weighted by Crippen LogP contribution is 1.82. The van der Waals surface area contributed by atoms with Crippen LogP contribution < -0.4 is 17.0 Å². The molecule has 0 rings (SSSR count). The van der Waals surface area contributed by atoms with Crippen molar-refractivity contribution in [3.05, 3.63) is 11.4 Å². The van der Waals surface area contributed by atoms with Gasteiger partial charge in [-0.25, -0.2) is 0 Å². The smallest absolute Gasteiger partial charge is 0.116 e. The van der Waals surface area contributed by atoms with Gasteiger partial charge in [0.15, 0.2) is 0 Å². The highest BCUT2D eigenvalue weighted by atomic mass is 35.5. The van der Waals surface area contributed by atoms with Crippen LogP contribution in [-0.2, 0) is 0 Å². The van der Waals surface area contributed by atoms with E-state index in [1.165, 1.54) is 6.20 Å². The lowest BCUT2D eigenvalue weighted by atomic mass is 10.9. The molecule has 0 aliphatic rings. The Hall–Kier alpha value is -0.410. The molecule has 0 aromatic rings. The topological polar surface area (TPSA) is 64.1 Å². The van der Waals surface area contributed by atoms with Crippen LogP contribution in [0, 0.1) is 0 Å². The summed E-state index contributed by atoms with van der Waals surface area (Å²) < 4.78 is 0. The van der Waals surface area contributed by atoms with Crippen LogP contribution in [0.15, 0.2) is 11.4 Å². The fourth-order valence-electron chi connectivity index (χ4n) is 0.0796. The van der Waals surface area contributed by atoms with Gasteiger partial charge in [0, 0.05) is 6.20 Å². The Bertz CT molecular complexity index is 55.8. The van der Waals surface area contributed by atoms with E-state index in [9.17, 15) is 0 Å². The normalized spacial score (nSPS) is 11.3. The first-order valence-corrected chi connectivity index (χ1v) is 1.72. The first-order valence-electron chi connectivity index (χ1n) is 1.34. The van der Waals surface area contributed by atoms with Gasteiger partial charge in [-0.15, -0.1) is 0 Å². The van der Waals surface area contributed by atoms with Crippen molar-refractivity contribution in [2.24, 2.45) is 11.6 Å². The lowest BCUT2D eigenvalue weighted by Crippen LogP contribution is -2.14. The van der Waals surface area contributed by atoms with E-state index in [0.717, 1.165) is 0 Å². The third kappa shape index (κ3) is 3.59. The summed E-state index contributed by atoms with van der Waals surface area (Å²) in [6.07, 6.45) is 1.28. The van der Waals surface area contributed by atoms with Gasteiger partial charge in [-0.1, -0.05) is 11.6 Å². The van der Waals surface area contributed by atoms with E-state index in [0.29, 0.717) is 0 Å². The minimum Gasteiger partial charge on any atom is -0.388 e. The summed E-state index contributed by atoms with van der Waals surface area (Å²) in [5.41, 5.74) is 7.04. The predicted octanol–water partition coefficient (Wildman–Crippen LogP) is -0.554. The van der Waals surface area contributed by atoms with Gasteiger partial charge in [0.1, 0.15) is 5.16 Å². The lowest BCUT2D eigenvalue weighted by Gasteiger charge is -1.83. The van der Waals surface area contributed by atoms with E-state index in [4.69, 9.17) is 23.2 Å². The van der Waals surface area contributed by atoms with Crippen LogP contribution in [0.2, 0.25) is 0 Å². The van der Waals surface area contributed by atoms with Gasteiger partial charge in [0.25, 0.3) is 0 Å². The second kappa shape index (κ2) is 2.81. The van der Waals surface area contributed by atoms with Crippen molar-refractivity contribution in [3.8, 4) is 0 Å². The molecule has 0 aliphatic carbocycles. The molecule has 0 aromatic carbocycles. The van der Waals surface area contributed by atoms with Crippen LogP contribution in [0.5, 0.6) is 0 Å². The number of hydrogen-bond acceptors (Lipinski definition) is 3. The summed E-state index contributed by atoms with van der Waals surface area (Å²) in [6, 6.07) is 0. The van der Waals surface area contributed by atoms with Gasteiger partial charge >= 0.3 is 0 Å². The molecule has 6 heavy (non-hydrogen) atoms. The molecule has 0 saturated carbocycles. The Morgan fingerprint density at radius 1 is 1.83 bits per heavy atom. The maximum Gasteiger partial charge on any atom is 0.116 e. The maximum atomic E-state index is 5.07. The molecule has 5 N–H and O–H groups in total. The van der Waals surface area contributed by atoms with E-state index in [1.54, 1.807) is 0 Å². The number of hydrazine groups is 1. The quantitative estimate of drug-likeness (QED) is 0.239. The SMILES string of the molecule is NN/C=C(\N)Cl. The molecular formula is C2H6ClN3. The van der Waals surface area contributed by atoms with Crippen molar-refractivity contribution < 1.29 is 0 Å². The number of halogens is 1. The molecule has 36 valence electrons. The fraction of sp³-hybridized carbons (Fsp3) is 0. The third-order valence-corrected chi connectivity index (χ3v) is 0.330. The summed E-state index contributed by atoms with van der Waals surface area (Å²) in [4.78, 5) is 0. The highest BCUT2D eigenvalue weighted by Gasteiger charge is 1.69. The second-order valence-electron chi connectivity index (χ2n) is 0.696. The first-order chi connectivity index (χ1) is 2.77. The van der Waals surface area contributed by atoms with Crippen LogP contribution in [-0.4, -0.2) is 0 Å². The molecule has 0 heterocycles. The monoisotopic (exact) mass is 107 g/mol. The van der Waals surface area contributed by atoms with Gasteiger partial charge < -0.3 is 11.2 Å². The third-order valence-electron chi connectivity index (χ3n) is 0.221. The molecule has 0 bridgehead atoms. The van der Waals surface area contributed by atoms with Crippen molar-refractivity contribution in [1.29, 1.82) is 0 Å². The van der Waals surface area contributed by atoms with Crippen LogP contribution in [0.25, 0.3) is 0 Å². The molecular weight excluding hydrogens is 101 g/mol. The molecule has 0 fully saturated rings. The Balaban J connectivity index is 3.14. The minimum absolute atomic E-state index is 0.150. The molecule has 0 saturated heterocycles. The first kappa shape index (κ1) is 5.59. The predicted molar refractivity (Wildman–Crippen MR) is 25.4 cm³/mol. The van der Waals surface area contributed by atoms with Gasteiger partial charge in [-0.05, 0) is 0 Å². The molecule has 0 radical (unpaired) electrons. The van der Waals surface area contributed by atoms with Crippen LogP contribution >= 0.6 is 11.6 Å². The maximum absolute atomic E-state index is 5.07.